The molecule has 14 heteroatoms. The first kappa shape index (κ1) is 78.4. The number of rotatable bonds is 48. The second kappa shape index (κ2) is 44.0. The highest BCUT2D eigenvalue weighted by Gasteiger charge is 2.21. The third kappa shape index (κ3) is 25.3. The molecule has 96 heavy (non-hydrogen) atoms. The standard InChI is InChI=1S/C42H60N2S4.C40H54I2N2S4/c1-5-7-9-11-13-15-17-19-21-23-25-33-27-31(3)45-39(33)41-43-35-29-38-36(30-37(35)47-41)44-42(48-38)40-34(28-32(4)46-40)26-24-22-20-18-16-14-12-10-8-6-2;1-3-5-7-9-11-13-15-17-19-21-23-29-25-35(41)47-37(29)39-43-31-27-34-32(28-33(31)45-39)44-40(46-34)38-30(26-36(42)48-38)24-22-20-18-16-14-12-10-8-6-4-2/h27-30H,5-26H2,1-4H3;25-28H,3-24H2,1-2H3. The third-order valence-corrected chi connectivity index (χ3v) is 29.9. The molecule has 0 aliphatic carbocycles. The fourth-order valence-corrected chi connectivity index (χ4v) is 24.1. The van der Waals surface area contributed by atoms with Gasteiger partial charge in [0, 0.05) is 9.75 Å². The maximum Gasteiger partial charge on any atom is 0.134 e. The first-order chi connectivity index (χ1) is 47.1. The molecule has 524 valence electrons. The van der Waals surface area contributed by atoms with E-state index in [0.717, 1.165) is 22.1 Å². The van der Waals surface area contributed by atoms with Crippen LogP contribution in [0.4, 0.5) is 0 Å². The van der Waals surface area contributed by atoms with Crippen molar-refractivity contribution in [3.05, 3.63) is 86.3 Å². The van der Waals surface area contributed by atoms with Gasteiger partial charge in [-0.2, -0.15) is 0 Å². The van der Waals surface area contributed by atoms with Gasteiger partial charge in [-0.05, 0) is 181 Å². The Morgan fingerprint density at radius 3 is 0.667 bits per heavy atom. The average molecular weight is 1670 g/mol. The summed E-state index contributed by atoms with van der Waals surface area (Å²) in [6.07, 6.45) is 60.1. The molecule has 0 spiro atoms. The molecule has 0 amide bonds. The van der Waals surface area contributed by atoms with E-state index in [9.17, 15) is 0 Å². The minimum Gasteiger partial charge on any atom is -0.235 e. The van der Waals surface area contributed by atoms with Crippen LogP contribution >= 0.6 is 136 Å². The highest BCUT2D eigenvalue weighted by Crippen LogP contribution is 2.46. The number of aryl methyl sites for hydroxylation is 6. The monoisotopic (exact) mass is 1660 g/mol. The zero-order valence-corrected chi connectivity index (χ0v) is 70.4. The zero-order valence-electron chi connectivity index (χ0n) is 59.5. The number of benzene rings is 2. The molecule has 0 saturated carbocycles. The van der Waals surface area contributed by atoms with Crippen LogP contribution in [-0.2, 0) is 25.7 Å². The maximum atomic E-state index is 5.21. The van der Waals surface area contributed by atoms with Gasteiger partial charge in [0.1, 0.15) is 20.0 Å². The van der Waals surface area contributed by atoms with Crippen LogP contribution < -0.4 is 0 Å². The molecule has 8 heterocycles. The van der Waals surface area contributed by atoms with Gasteiger partial charge in [0.15, 0.2) is 0 Å². The summed E-state index contributed by atoms with van der Waals surface area (Å²) < 4.78 is 7.78. The second-order valence-electron chi connectivity index (χ2n) is 27.6. The number of nitrogens with zero attached hydrogens (tertiary/aromatic N) is 4. The Kier molecular flexibility index (Phi) is 36.0. The topological polar surface area (TPSA) is 51.6 Å². The van der Waals surface area contributed by atoms with Crippen molar-refractivity contribution in [1.29, 1.82) is 0 Å². The van der Waals surface area contributed by atoms with E-state index in [2.05, 4.69) is 135 Å². The lowest BCUT2D eigenvalue weighted by Crippen LogP contribution is -1.87. The molecule has 0 radical (unpaired) electrons. The summed E-state index contributed by atoms with van der Waals surface area (Å²) >= 11 is 20.1. The molecule has 0 aliphatic rings. The number of thiophene rings is 4. The minimum absolute atomic E-state index is 1.12. The lowest BCUT2D eigenvalue weighted by Gasteiger charge is -2.03. The average Bonchev–Trinajstić information content (AvgIpc) is 1.63. The summed E-state index contributed by atoms with van der Waals surface area (Å²) in [5, 5.41) is 4.75. The number of aromatic nitrogens is 4. The largest absolute Gasteiger partial charge is 0.235 e. The number of hydrogen-bond donors (Lipinski definition) is 0. The van der Waals surface area contributed by atoms with Gasteiger partial charge in [0.05, 0.1) is 66.1 Å². The number of hydrogen-bond acceptors (Lipinski definition) is 12. The fraction of sp³-hybridized carbons (Fsp3) is 0.610. The predicted molar refractivity (Wildman–Crippen MR) is 456 cm³/mol. The zero-order chi connectivity index (χ0) is 67.1. The summed E-state index contributed by atoms with van der Waals surface area (Å²) in [6, 6.07) is 18.8. The van der Waals surface area contributed by atoms with Crippen LogP contribution in [0.2, 0.25) is 0 Å². The summed E-state index contributed by atoms with van der Waals surface area (Å²) in [6.45, 7) is 13.7. The predicted octanol–water partition coefficient (Wildman–Crippen LogP) is 32.4. The molecule has 0 aliphatic heterocycles. The van der Waals surface area contributed by atoms with Crippen molar-refractivity contribution in [1.82, 2.24) is 19.9 Å². The highest BCUT2D eigenvalue weighted by molar-refractivity contribution is 14.1. The molecule has 0 unspecified atom stereocenters. The van der Waals surface area contributed by atoms with Gasteiger partial charge in [-0.1, -0.05) is 259 Å². The van der Waals surface area contributed by atoms with Gasteiger partial charge in [0.25, 0.3) is 0 Å². The Balaban J connectivity index is 0.000000225. The maximum absolute atomic E-state index is 5.21. The number of halogens is 2. The van der Waals surface area contributed by atoms with Gasteiger partial charge in [-0.15, -0.1) is 90.7 Å². The van der Waals surface area contributed by atoms with E-state index in [4.69, 9.17) is 19.9 Å². The van der Waals surface area contributed by atoms with E-state index >= 15 is 0 Å². The van der Waals surface area contributed by atoms with Crippen LogP contribution in [0, 0.1) is 19.6 Å². The van der Waals surface area contributed by atoms with Crippen molar-refractivity contribution < 1.29 is 0 Å². The molecule has 10 rings (SSSR count). The van der Waals surface area contributed by atoms with E-state index in [1.54, 1.807) is 0 Å². The van der Waals surface area contributed by atoms with Gasteiger partial charge in [0.2, 0.25) is 0 Å². The van der Waals surface area contributed by atoms with Crippen molar-refractivity contribution in [2.75, 3.05) is 0 Å². The van der Waals surface area contributed by atoms with Crippen molar-refractivity contribution in [3.8, 4) is 39.5 Å². The van der Waals surface area contributed by atoms with Gasteiger partial charge < -0.3 is 0 Å². The van der Waals surface area contributed by atoms with Crippen LogP contribution in [0.1, 0.15) is 317 Å². The fourth-order valence-electron chi connectivity index (χ4n) is 13.7. The van der Waals surface area contributed by atoms with Crippen LogP contribution in [0.25, 0.3) is 80.4 Å². The van der Waals surface area contributed by atoms with Crippen molar-refractivity contribution >= 4 is 177 Å². The highest BCUT2D eigenvalue weighted by atomic mass is 127. The minimum atomic E-state index is 1.12. The molecule has 0 N–H and O–H groups in total. The van der Waals surface area contributed by atoms with E-state index in [1.165, 1.54) is 379 Å². The Hall–Kier alpha value is -1.74. The van der Waals surface area contributed by atoms with Crippen LogP contribution in [0.3, 0.4) is 0 Å². The smallest absolute Gasteiger partial charge is 0.134 e. The van der Waals surface area contributed by atoms with E-state index in [-0.39, 0.29) is 0 Å². The summed E-state index contributed by atoms with van der Waals surface area (Å²) in [4.78, 5) is 29.2. The lowest BCUT2D eigenvalue weighted by atomic mass is 10.0. The molecule has 0 saturated heterocycles. The van der Waals surface area contributed by atoms with Crippen molar-refractivity contribution in [3.63, 3.8) is 0 Å². The van der Waals surface area contributed by atoms with Crippen molar-refractivity contribution in [2.45, 2.75) is 324 Å². The Morgan fingerprint density at radius 1 is 0.240 bits per heavy atom. The Bertz CT molecular complexity index is 3220. The SMILES string of the molecule is CCCCCCCCCCCCc1cc(C)sc1-c1nc2cc3sc(-c4sc(C)cc4CCCCCCCCCCCC)nc3cc2s1.CCCCCCCCCCCCc1cc(I)sc1-c1nc2cc3sc(-c4sc(I)cc4CCCCCCCCCCCC)nc3cc2s1. The summed E-state index contributed by atoms with van der Waals surface area (Å²) in [5.74, 6) is 0. The molecule has 2 aromatic carbocycles. The van der Waals surface area contributed by atoms with E-state index < -0.39 is 0 Å². The number of fused-ring (bicyclic) bond motifs is 4. The molecule has 0 fully saturated rings. The lowest BCUT2D eigenvalue weighted by molar-refractivity contribution is 0.556. The van der Waals surface area contributed by atoms with E-state index in [0.29, 0.717) is 0 Å². The van der Waals surface area contributed by atoms with Gasteiger partial charge >= 0.3 is 0 Å². The summed E-state index contributed by atoms with van der Waals surface area (Å²) in [7, 11) is 0. The van der Waals surface area contributed by atoms with Gasteiger partial charge in [-0.25, -0.2) is 19.9 Å². The molecule has 8 aromatic heterocycles. The Labute approximate surface area is 639 Å². The van der Waals surface area contributed by atoms with Crippen LogP contribution in [0.15, 0.2) is 48.5 Å². The van der Waals surface area contributed by atoms with Gasteiger partial charge in [-0.3, -0.25) is 0 Å². The molecule has 0 atom stereocenters. The van der Waals surface area contributed by atoms with Crippen LogP contribution in [-0.4, -0.2) is 19.9 Å². The first-order valence-corrected chi connectivity index (χ1v) is 47.0. The molecule has 0 bridgehead atoms. The molecular formula is C82H114I2N4S8. The normalized spacial score (nSPS) is 11.9. The van der Waals surface area contributed by atoms with Crippen molar-refractivity contribution in [2.24, 2.45) is 0 Å². The number of unbranched alkanes of at least 4 members (excludes halogenated alkanes) is 36. The third-order valence-electron chi connectivity index (χ3n) is 19.2. The number of thiazole rings is 4. The summed E-state index contributed by atoms with van der Waals surface area (Å²) in [5.41, 5.74) is 10.5. The van der Waals surface area contributed by atoms with Crippen LogP contribution in [0.5, 0.6) is 0 Å². The quantitative estimate of drug-likeness (QED) is 0.0282. The first-order valence-electron chi connectivity index (χ1n) is 38.3. The second-order valence-corrected chi connectivity index (χ2v) is 40.1. The molecule has 4 nitrogen and oxygen atoms in total. The Morgan fingerprint density at radius 2 is 0.438 bits per heavy atom. The molecule has 10 aromatic rings. The molecular weight excluding hydrogens is 1550 g/mol. The van der Waals surface area contributed by atoms with E-state index in [1.807, 2.05) is 90.7 Å².